The molecule has 0 radical (unpaired) electrons. The van der Waals surface area contributed by atoms with Crippen LogP contribution in [0, 0.1) is 0 Å². The first kappa shape index (κ1) is 16.6. The summed E-state index contributed by atoms with van der Waals surface area (Å²) in [6.07, 6.45) is 4.36. The van der Waals surface area contributed by atoms with Crippen molar-refractivity contribution in [3.8, 4) is 0 Å². The molecule has 0 spiro atoms. The second-order valence-electron chi connectivity index (χ2n) is 6.05. The van der Waals surface area contributed by atoms with Crippen molar-refractivity contribution in [1.82, 2.24) is 0 Å². The summed E-state index contributed by atoms with van der Waals surface area (Å²) in [5, 5.41) is 0. The van der Waals surface area contributed by atoms with Crippen LogP contribution in [-0.4, -0.2) is 41.4 Å². The van der Waals surface area contributed by atoms with Gasteiger partial charge in [-0.2, -0.15) is 0 Å². The molecular weight excluding hydrogens is 320 g/mol. The maximum Gasteiger partial charge on any atom is 0.182 e. The number of anilines is 2. The van der Waals surface area contributed by atoms with Crippen molar-refractivity contribution in [2.24, 2.45) is 0 Å². The normalized spacial score (nSPS) is 17.4. The first-order valence-corrected chi connectivity index (χ1v) is 9.64. The third-order valence-corrected chi connectivity index (χ3v) is 6.07. The Balaban J connectivity index is 0.000000143. The maximum atomic E-state index is 11.6. The van der Waals surface area contributed by atoms with Crippen LogP contribution in [0.1, 0.15) is 5.56 Å². The fraction of sp³-hybridized carbons (Fsp3) is 0.263. The summed E-state index contributed by atoms with van der Waals surface area (Å²) < 4.78 is 23.2. The number of benzene rings is 2. The Morgan fingerprint density at radius 3 is 2.25 bits per heavy atom. The van der Waals surface area contributed by atoms with E-state index in [0.717, 1.165) is 12.2 Å². The van der Waals surface area contributed by atoms with Crippen molar-refractivity contribution in [1.29, 1.82) is 0 Å². The van der Waals surface area contributed by atoms with Gasteiger partial charge in [0.25, 0.3) is 0 Å². The zero-order valence-corrected chi connectivity index (χ0v) is 14.8. The van der Waals surface area contributed by atoms with Crippen LogP contribution in [0.3, 0.4) is 0 Å². The minimum Gasteiger partial charge on any atom is -0.373 e. The van der Waals surface area contributed by atoms with Gasteiger partial charge in [0, 0.05) is 32.9 Å². The highest BCUT2D eigenvalue weighted by atomic mass is 32.2. The standard InChI is InChI=1S/C10H11N.C9H11NO2S/c1-11-8-4-6-9-5-2-3-7-10(9)11;1-10-6-7-13(11,12)9-5-3-2-4-8(9)10/h2-7H,8H2,1H3;2-5H,6-7H2,1H3. The van der Waals surface area contributed by atoms with Gasteiger partial charge in [-0.25, -0.2) is 8.42 Å². The van der Waals surface area contributed by atoms with Crippen LogP contribution in [0.5, 0.6) is 0 Å². The summed E-state index contributed by atoms with van der Waals surface area (Å²) >= 11 is 0. The van der Waals surface area contributed by atoms with Crippen LogP contribution in [0.15, 0.2) is 59.5 Å². The molecule has 0 amide bonds. The molecule has 0 unspecified atom stereocenters. The molecule has 24 heavy (non-hydrogen) atoms. The molecule has 0 saturated carbocycles. The van der Waals surface area contributed by atoms with E-state index in [1.54, 1.807) is 12.1 Å². The van der Waals surface area contributed by atoms with Crippen molar-refractivity contribution < 1.29 is 8.42 Å². The number of para-hydroxylation sites is 2. The molecule has 0 saturated heterocycles. The Hall–Kier alpha value is -2.27. The fourth-order valence-electron chi connectivity index (χ4n) is 2.94. The molecule has 2 aromatic rings. The number of fused-ring (bicyclic) bond motifs is 2. The Bertz CT molecular complexity index is 859. The van der Waals surface area contributed by atoms with E-state index >= 15 is 0 Å². The van der Waals surface area contributed by atoms with Gasteiger partial charge in [0.1, 0.15) is 0 Å². The molecule has 0 aliphatic carbocycles. The van der Waals surface area contributed by atoms with Gasteiger partial charge >= 0.3 is 0 Å². The molecule has 5 heteroatoms. The van der Waals surface area contributed by atoms with E-state index in [4.69, 9.17) is 0 Å². The van der Waals surface area contributed by atoms with Crippen molar-refractivity contribution in [3.05, 3.63) is 60.2 Å². The molecule has 0 atom stereocenters. The number of sulfone groups is 1. The molecule has 2 heterocycles. The van der Waals surface area contributed by atoms with Crippen molar-refractivity contribution in [3.63, 3.8) is 0 Å². The molecule has 126 valence electrons. The molecule has 0 aromatic heterocycles. The van der Waals surface area contributed by atoms with Gasteiger partial charge in [0.2, 0.25) is 0 Å². The summed E-state index contributed by atoms with van der Waals surface area (Å²) in [5.74, 6) is 0.223. The predicted octanol–water partition coefficient (Wildman–Crippen LogP) is 3.06. The molecule has 0 fully saturated rings. The van der Waals surface area contributed by atoms with Gasteiger partial charge in [-0.05, 0) is 23.8 Å². The highest BCUT2D eigenvalue weighted by molar-refractivity contribution is 7.91. The quantitative estimate of drug-likeness (QED) is 0.738. The van der Waals surface area contributed by atoms with E-state index in [9.17, 15) is 8.42 Å². The molecule has 4 nitrogen and oxygen atoms in total. The lowest BCUT2D eigenvalue weighted by Gasteiger charge is -2.26. The van der Waals surface area contributed by atoms with E-state index in [2.05, 4.69) is 48.4 Å². The minimum atomic E-state index is -3.02. The first-order chi connectivity index (χ1) is 11.5. The monoisotopic (exact) mass is 342 g/mol. The fourth-order valence-corrected chi connectivity index (χ4v) is 4.50. The predicted molar refractivity (Wildman–Crippen MR) is 101 cm³/mol. The second-order valence-corrected chi connectivity index (χ2v) is 8.13. The topological polar surface area (TPSA) is 40.6 Å². The van der Waals surface area contributed by atoms with Crippen molar-refractivity contribution in [2.75, 3.05) is 42.7 Å². The Morgan fingerprint density at radius 2 is 1.54 bits per heavy atom. The molecule has 0 N–H and O–H groups in total. The lowest BCUT2D eigenvalue weighted by Crippen LogP contribution is -2.31. The van der Waals surface area contributed by atoms with Crippen LogP contribution < -0.4 is 9.80 Å². The lowest BCUT2D eigenvalue weighted by atomic mass is 10.1. The summed E-state index contributed by atoms with van der Waals surface area (Å²) in [6, 6.07) is 15.6. The molecule has 4 rings (SSSR count). The summed E-state index contributed by atoms with van der Waals surface area (Å²) in [5.41, 5.74) is 3.46. The highest BCUT2D eigenvalue weighted by Gasteiger charge is 2.25. The summed E-state index contributed by atoms with van der Waals surface area (Å²) in [4.78, 5) is 4.68. The van der Waals surface area contributed by atoms with Gasteiger partial charge < -0.3 is 9.80 Å². The van der Waals surface area contributed by atoms with Gasteiger partial charge in [0.15, 0.2) is 9.84 Å². The van der Waals surface area contributed by atoms with Gasteiger partial charge in [0.05, 0.1) is 16.3 Å². The summed E-state index contributed by atoms with van der Waals surface area (Å²) in [7, 11) is 1.01. The molecular formula is C19H22N2O2S. The van der Waals surface area contributed by atoms with E-state index < -0.39 is 9.84 Å². The maximum absolute atomic E-state index is 11.6. The van der Waals surface area contributed by atoms with Crippen molar-refractivity contribution >= 4 is 27.3 Å². The third kappa shape index (κ3) is 3.31. The van der Waals surface area contributed by atoms with Crippen LogP contribution in [-0.2, 0) is 9.84 Å². The van der Waals surface area contributed by atoms with E-state index in [-0.39, 0.29) is 5.75 Å². The second kappa shape index (κ2) is 6.69. The van der Waals surface area contributed by atoms with Gasteiger partial charge in [-0.1, -0.05) is 42.5 Å². The number of likely N-dealkylation sites (N-methyl/N-ethyl adjacent to an activating group) is 1. The minimum absolute atomic E-state index is 0.223. The van der Waals surface area contributed by atoms with Crippen LogP contribution in [0.25, 0.3) is 6.08 Å². The molecule has 0 bridgehead atoms. The number of rotatable bonds is 0. The number of hydrogen-bond acceptors (Lipinski definition) is 4. The van der Waals surface area contributed by atoms with E-state index in [1.807, 2.05) is 24.1 Å². The average Bonchev–Trinajstić information content (AvgIpc) is 2.60. The molecule has 2 aliphatic rings. The highest BCUT2D eigenvalue weighted by Crippen LogP contribution is 2.28. The van der Waals surface area contributed by atoms with Crippen LogP contribution in [0.4, 0.5) is 11.4 Å². The smallest absolute Gasteiger partial charge is 0.182 e. The van der Waals surface area contributed by atoms with Gasteiger partial charge in [-0.15, -0.1) is 0 Å². The Kier molecular flexibility index (Phi) is 4.62. The lowest BCUT2D eigenvalue weighted by molar-refractivity contribution is 0.591. The molecule has 2 aliphatic heterocycles. The zero-order chi connectivity index (χ0) is 17.2. The summed E-state index contributed by atoms with van der Waals surface area (Å²) in [6.45, 7) is 1.61. The third-order valence-electron chi connectivity index (χ3n) is 4.33. The zero-order valence-electron chi connectivity index (χ0n) is 14.0. The van der Waals surface area contributed by atoms with Crippen molar-refractivity contribution in [2.45, 2.75) is 4.90 Å². The van der Waals surface area contributed by atoms with E-state index in [1.165, 1.54) is 11.3 Å². The van der Waals surface area contributed by atoms with Gasteiger partial charge in [-0.3, -0.25) is 0 Å². The molecule has 2 aromatic carbocycles. The Morgan fingerprint density at radius 1 is 0.875 bits per heavy atom. The number of hydrogen-bond donors (Lipinski definition) is 0. The average molecular weight is 342 g/mol. The number of nitrogens with zero attached hydrogens (tertiary/aromatic N) is 2. The first-order valence-electron chi connectivity index (χ1n) is 7.99. The Labute approximate surface area is 143 Å². The van der Waals surface area contributed by atoms with Crippen LogP contribution >= 0.6 is 0 Å². The largest absolute Gasteiger partial charge is 0.373 e. The van der Waals surface area contributed by atoms with Crippen LogP contribution in [0.2, 0.25) is 0 Å². The van der Waals surface area contributed by atoms with E-state index in [0.29, 0.717) is 11.4 Å². The SMILES string of the molecule is CN1CC=Cc2ccccc21.CN1CCS(=O)(=O)c2ccccc21.